The summed E-state index contributed by atoms with van der Waals surface area (Å²) in [4.78, 5) is 0. The van der Waals surface area contributed by atoms with Crippen molar-refractivity contribution in [3.8, 4) is 0 Å². The van der Waals surface area contributed by atoms with Crippen molar-refractivity contribution >= 4 is 8.07 Å². The average molecular weight is 143 g/mol. The van der Waals surface area contributed by atoms with Crippen LogP contribution in [0.2, 0.25) is 25.7 Å². The lowest BCUT2D eigenvalue weighted by Gasteiger charge is -2.20. The molecule has 1 nitrogen and oxygen atoms in total. The summed E-state index contributed by atoms with van der Waals surface area (Å²) in [5.41, 5.74) is 6.26. The molecule has 2 N–H and O–H groups in total. The Morgan fingerprint density at radius 2 is 1.78 bits per heavy atom. The molecular formula is C7H17NSi. The van der Waals surface area contributed by atoms with Crippen LogP contribution in [0.25, 0.3) is 0 Å². The van der Waals surface area contributed by atoms with E-state index >= 15 is 0 Å². The second-order valence-corrected chi connectivity index (χ2v) is 10.1. The van der Waals surface area contributed by atoms with Crippen molar-refractivity contribution in [3.63, 3.8) is 0 Å². The van der Waals surface area contributed by atoms with Gasteiger partial charge in [-0.1, -0.05) is 19.6 Å². The lowest BCUT2D eigenvalue weighted by Crippen LogP contribution is -2.33. The van der Waals surface area contributed by atoms with Gasteiger partial charge in [0.15, 0.2) is 0 Å². The zero-order valence-electron chi connectivity index (χ0n) is 6.70. The molecule has 0 amide bonds. The van der Waals surface area contributed by atoms with Gasteiger partial charge in [-0.3, -0.25) is 0 Å². The summed E-state index contributed by atoms with van der Waals surface area (Å²) in [6.45, 7) is 7.17. The lowest BCUT2D eigenvalue weighted by molar-refractivity contribution is 0.746. The monoisotopic (exact) mass is 143 g/mol. The third-order valence-electron chi connectivity index (χ3n) is 1.77. The van der Waals surface area contributed by atoms with Crippen LogP contribution in [0.1, 0.15) is 12.8 Å². The molecule has 1 fully saturated rings. The Morgan fingerprint density at radius 3 is 1.89 bits per heavy atom. The topological polar surface area (TPSA) is 26.0 Å². The molecule has 0 aromatic heterocycles. The highest BCUT2D eigenvalue weighted by atomic mass is 28.3. The molecule has 0 atom stereocenters. The standard InChI is InChI=1S/C7H17NSi/c1-9(2,3)6-7(8)4-5-7/h4-6,8H2,1-3H3. The van der Waals surface area contributed by atoms with E-state index in [-0.39, 0.29) is 0 Å². The highest BCUT2D eigenvalue weighted by molar-refractivity contribution is 6.76. The predicted octanol–water partition coefficient (Wildman–Crippen LogP) is 1.82. The summed E-state index contributed by atoms with van der Waals surface area (Å²) in [5, 5.41) is 0. The van der Waals surface area contributed by atoms with Crippen molar-refractivity contribution < 1.29 is 0 Å². The van der Waals surface area contributed by atoms with Crippen LogP contribution >= 0.6 is 0 Å². The van der Waals surface area contributed by atoms with E-state index in [1.165, 1.54) is 18.9 Å². The lowest BCUT2D eigenvalue weighted by atomic mass is 10.4. The number of hydrogen-bond donors (Lipinski definition) is 1. The molecule has 2 heteroatoms. The Bertz CT molecular complexity index is 107. The smallest absolute Gasteiger partial charge is 0.0460 e. The number of nitrogens with two attached hydrogens (primary N) is 1. The maximum atomic E-state index is 5.97. The van der Waals surface area contributed by atoms with Crippen molar-refractivity contribution in [1.82, 2.24) is 0 Å². The zero-order valence-corrected chi connectivity index (χ0v) is 7.70. The molecule has 0 heterocycles. The van der Waals surface area contributed by atoms with Crippen molar-refractivity contribution in [3.05, 3.63) is 0 Å². The first kappa shape index (κ1) is 7.29. The van der Waals surface area contributed by atoms with Gasteiger partial charge in [0.25, 0.3) is 0 Å². The Morgan fingerprint density at radius 1 is 1.33 bits per heavy atom. The largest absolute Gasteiger partial charge is 0.325 e. The molecule has 0 aromatic rings. The molecule has 54 valence electrons. The fourth-order valence-electron chi connectivity index (χ4n) is 1.39. The maximum absolute atomic E-state index is 5.97. The average Bonchev–Trinajstić information content (AvgIpc) is 2.12. The van der Waals surface area contributed by atoms with Gasteiger partial charge in [-0.25, -0.2) is 0 Å². The summed E-state index contributed by atoms with van der Waals surface area (Å²) >= 11 is 0. The van der Waals surface area contributed by atoms with Gasteiger partial charge in [0.1, 0.15) is 0 Å². The minimum Gasteiger partial charge on any atom is -0.325 e. The number of rotatable bonds is 2. The Labute approximate surface area is 58.6 Å². The van der Waals surface area contributed by atoms with Gasteiger partial charge in [-0.05, 0) is 18.9 Å². The molecule has 9 heavy (non-hydrogen) atoms. The summed E-state index contributed by atoms with van der Waals surface area (Å²) < 4.78 is 0. The van der Waals surface area contributed by atoms with E-state index in [2.05, 4.69) is 19.6 Å². The van der Waals surface area contributed by atoms with Gasteiger partial charge < -0.3 is 5.73 Å². The quantitative estimate of drug-likeness (QED) is 0.586. The van der Waals surface area contributed by atoms with E-state index in [9.17, 15) is 0 Å². The summed E-state index contributed by atoms with van der Waals surface area (Å²) in [7, 11) is -0.855. The number of hydrogen-bond acceptors (Lipinski definition) is 1. The molecule has 0 radical (unpaired) electrons. The molecule has 0 aliphatic heterocycles. The van der Waals surface area contributed by atoms with Crippen molar-refractivity contribution in [2.75, 3.05) is 0 Å². The van der Waals surface area contributed by atoms with E-state index in [4.69, 9.17) is 5.73 Å². The first-order valence-corrected chi connectivity index (χ1v) is 7.41. The van der Waals surface area contributed by atoms with Crippen LogP contribution in [0.4, 0.5) is 0 Å². The van der Waals surface area contributed by atoms with Crippen LogP contribution in [0.5, 0.6) is 0 Å². The van der Waals surface area contributed by atoms with E-state index < -0.39 is 8.07 Å². The fourth-order valence-corrected chi connectivity index (χ4v) is 3.86. The third-order valence-corrected chi connectivity index (χ3v) is 3.54. The molecule has 1 rings (SSSR count). The molecule has 1 aliphatic rings. The first-order valence-electron chi connectivity index (χ1n) is 3.70. The normalized spacial score (nSPS) is 24.0. The second-order valence-electron chi connectivity index (χ2n) is 4.60. The van der Waals surface area contributed by atoms with Crippen molar-refractivity contribution in [1.29, 1.82) is 0 Å². The molecule has 1 saturated carbocycles. The van der Waals surface area contributed by atoms with Gasteiger partial charge >= 0.3 is 0 Å². The Hall–Kier alpha value is 0.177. The summed E-state index contributed by atoms with van der Waals surface area (Å²) in [5.74, 6) is 0. The van der Waals surface area contributed by atoms with Crippen LogP contribution in [0.3, 0.4) is 0 Å². The van der Waals surface area contributed by atoms with Gasteiger partial charge in [-0.15, -0.1) is 0 Å². The predicted molar refractivity (Wildman–Crippen MR) is 44.3 cm³/mol. The highest BCUT2D eigenvalue weighted by Crippen LogP contribution is 2.39. The van der Waals surface area contributed by atoms with Gasteiger partial charge in [0, 0.05) is 13.6 Å². The van der Waals surface area contributed by atoms with E-state index in [1.54, 1.807) is 0 Å². The molecule has 1 aliphatic carbocycles. The molecular weight excluding hydrogens is 126 g/mol. The fraction of sp³-hybridized carbons (Fsp3) is 1.00. The molecule has 0 aromatic carbocycles. The minimum absolute atomic E-state index is 0.296. The summed E-state index contributed by atoms with van der Waals surface area (Å²) in [6, 6.07) is 1.32. The van der Waals surface area contributed by atoms with Crippen LogP contribution in [-0.4, -0.2) is 13.6 Å². The van der Waals surface area contributed by atoms with Crippen molar-refractivity contribution in [2.24, 2.45) is 5.73 Å². The van der Waals surface area contributed by atoms with Crippen LogP contribution in [-0.2, 0) is 0 Å². The van der Waals surface area contributed by atoms with E-state index in [1.807, 2.05) is 0 Å². The maximum Gasteiger partial charge on any atom is 0.0460 e. The minimum atomic E-state index is -0.855. The van der Waals surface area contributed by atoms with Crippen molar-refractivity contribution in [2.45, 2.75) is 44.1 Å². The first-order chi connectivity index (χ1) is 3.91. The van der Waals surface area contributed by atoms with Crippen LogP contribution in [0.15, 0.2) is 0 Å². The van der Waals surface area contributed by atoms with E-state index in [0.717, 1.165) is 0 Å². The second kappa shape index (κ2) is 1.83. The van der Waals surface area contributed by atoms with Crippen LogP contribution in [0, 0.1) is 0 Å². The third kappa shape index (κ3) is 2.50. The zero-order chi connectivity index (χ0) is 7.12. The highest BCUT2D eigenvalue weighted by Gasteiger charge is 2.41. The van der Waals surface area contributed by atoms with Gasteiger partial charge in [0.05, 0.1) is 0 Å². The Kier molecular flexibility index (Phi) is 1.48. The summed E-state index contributed by atoms with van der Waals surface area (Å²) in [6.07, 6.45) is 2.55. The molecule has 0 spiro atoms. The van der Waals surface area contributed by atoms with Gasteiger partial charge in [0.2, 0.25) is 0 Å². The SMILES string of the molecule is C[Si](C)(C)CC1(N)CC1. The molecule has 0 saturated heterocycles. The van der Waals surface area contributed by atoms with Crippen LogP contribution < -0.4 is 5.73 Å². The Balaban J connectivity index is 2.33. The van der Waals surface area contributed by atoms with Gasteiger partial charge in [-0.2, -0.15) is 0 Å². The molecule has 0 unspecified atom stereocenters. The molecule has 0 bridgehead atoms. The van der Waals surface area contributed by atoms with E-state index in [0.29, 0.717) is 5.54 Å².